The Morgan fingerprint density at radius 3 is 1.43 bits per heavy atom. The molecule has 3 nitrogen and oxygen atoms in total. The van der Waals surface area contributed by atoms with Crippen molar-refractivity contribution in [2.75, 3.05) is 0 Å². The van der Waals surface area contributed by atoms with Crippen LogP contribution in [0.1, 0.15) is 26.2 Å². The fraction of sp³-hybridized carbons (Fsp3) is 1.00. The molecule has 0 amide bonds. The molecular weight excluding hydrogens is 459 g/mol. The SMILES string of the molecule is CCCCC(F)C(F)(F)C(F)(F)C(F)(F)C(F)(F)C(F)(F)C(F)(F)S(=O)(=O)O. The average molecular weight is 470 g/mol. The molecule has 1 atom stereocenters. The maximum atomic E-state index is 13.4. The van der Waals surface area contributed by atoms with E-state index in [1.54, 1.807) is 0 Å². The van der Waals surface area contributed by atoms with E-state index >= 15 is 0 Å². The van der Waals surface area contributed by atoms with Gasteiger partial charge in [-0.3, -0.25) is 4.55 Å². The minimum atomic E-state index is -8.20. The third-order valence-electron chi connectivity index (χ3n) is 3.50. The molecule has 0 fully saturated rings. The van der Waals surface area contributed by atoms with Crippen LogP contribution in [0.25, 0.3) is 0 Å². The number of hydrogen-bond donors (Lipinski definition) is 1. The van der Waals surface area contributed by atoms with E-state index in [0.717, 1.165) is 0 Å². The van der Waals surface area contributed by atoms with Gasteiger partial charge in [0.1, 0.15) is 0 Å². The zero-order chi connectivity index (χ0) is 23.2. The summed E-state index contributed by atoms with van der Waals surface area (Å²) in [5, 5.41) is -7.50. The molecule has 170 valence electrons. The highest BCUT2D eigenvalue weighted by atomic mass is 32.2. The monoisotopic (exact) mass is 470 g/mol. The van der Waals surface area contributed by atoms with Gasteiger partial charge in [-0.25, -0.2) is 4.39 Å². The van der Waals surface area contributed by atoms with Crippen molar-refractivity contribution in [3.05, 3.63) is 0 Å². The third-order valence-corrected chi connectivity index (χ3v) is 4.40. The van der Waals surface area contributed by atoms with Crippen molar-refractivity contribution in [3.63, 3.8) is 0 Å². The standard InChI is InChI=1S/C11H11F13O3S/c1-2-3-4-5(12)6(13,14)7(15,16)8(17,18)9(19,20)10(21,22)11(23,24)28(25,26)27/h5H,2-4H2,1H3,(H,25,26,27). The summed E-state index contributed by atoms with van der Waals surface area (Å²) in [4.78, 5) is 0. The molecule has 0 aromatic heterocycles. The van der Waals surface area contributed by atoms with Gasteiger partial charge in [0.15, 0.2) is 6.17 Å². The lowest BCUT2D eigenvalue weighted by molar-refractivity contribution is -0.421. The van der Waals surface area contributed by atoms with Gasteiger partial charge in [0.2, 0.25) is 0 Å². The first-order valence-electron chi connectivity index (χ1n) is 6.86. The second-order valence-electron chi connectivity index (χ2n) is 5.52. The van der Waals surface area contributed by atoms with Crippen LogP contribution in [0.4, 0.5) is 57.1 Å². The summed E-state index contributed by atoms with van der Waals surface area (Å²) in [6, 6.07) is 0. The highest BCUT2D eigenvalue weighted by Crippen LogP contribution is 2.61. The molecule has 0 rings (SSSR count). The van der Waals surface area contributed by atoms with E-state index in [9.17, 15) is 65.5 Å². The van der Waals surface area contributed by atoms with Crippen molar-refractivity contribution in [3.8, 4) is 0 Å². The maximum Gasteiger partial charge on any atom is 0.438 e. The second kappa shape index (κ2) is 7.36. The van der Waals surface area contributed by atoms with Gasteiger partial charge in [0.25, 0.3) is 0 Å². The Hall–Kier alpha value is -1.00. The van der Waals surface area contributed by atoms with E-state index in [4.69, 9.17) is 4.55 Å². The van der Waals surface area contributed by atoms with Crippen molar-refractivity contribution in [2.24, 2.45) is 0 Å². The van der Waals surface area contributed by atoms with Crippen LogP contribution in [-0.2, 0) is 10.1 Å². The Balaban J connectivity index is 6.47. The molecule has 0 aliphatic rings. The molecule has 1 unspecified atom stereocenters. The molecule has 0 aromatic carbocycles. The molecule has 17 heteroatoms. The molecule has 1 N–H and O–H groups in total. The lowest BCUT2D eigenvalue weighted by atomic mass is 9.91. The Bertz CT molecular complexity index is 659. The zero-order valence-corrected chi connectivity index (χ0v) is 14.1. The second-order valence-corrected chi connectivity index (χ2v) is 6.99. The van der Waals surface area contributed by atoms with Crippen molar-refractivity contribution in [2.45, 2.75) is 67.2 Å². The summed E-state index contributed by atoms with van der Waals surface area (Å²) in [5.74, 6) is -38.8. The van der Waals surface area contributed by atoms with Crippen LogP contribution in [0.5, 0.6) is 0 Å². The smallest absolute Gasteiger partial charge is 0.281 e. The Kier molecular flexibility index (Phi) is 7.09. The number of unbranched alkanes of at least 4 members (excludes halogenated alkanes) is 1. The molecule has 0 aliphatic carbocycles. The average Bonchev–Trinajstić information content (AvgIpc) is 2.50. The van der Waals surface area contributed by atoms with Gasteiger partial charge in [-0.15, -0.1) is 0 Å². The van der Waals surface area contributed by atoms with Crippen molar-refractivity contribution >= 4 is 10.1 Å². The van der Waals surface area contributed by atoms with Crippen LogP contribution >= 0.6 is 0 Å². The van der Waals surface area contributed by atoms with E-state index in [2.05, 4.69) is 0 Å². The minimum absolute atomic E-state index is 0.173. The predicted molar refractivity (Wildman–Crippen MR) is 65.7 cm³/mol. The summed E-state index contributed by atoms with van der Waals surface area (Å²) < 4.78 is 200. The van der Waals surface area contributed by atoms with Gasteiger partial charge in [-0.2, -0.15) is 61.1 Å². The lowest BCUT2D eigenvalue weighted by Gasteiger charge is -2.41. The van der Waals surface area contributed by atoms with Gasteiger partial charge in [-0.1, -0.05) is 19.8 Å². The van der Waals surface area contributed by atoms with Crippen LogP contribution in [0, 0.1) is 0 Å². The van der Waals surface area contributed by atoms with E-state index in [1.165, 1.54) is 6.92 Å². The molecule has 0 bridgehead atoms. The van der Waals surface area contributed by atoms with Crippen molar-refractivity contribution < 1.29 is 70.0 Å². The molecule has 0 spiro atoms. The molecular formula is C11H11F13O3S. The number of hydrogen-bond acceptors (Lipinski definition) is 2. The lowest BCUT2D eigenvalue weighted by Crippen LogP contribution is -2.72. The summed E-state index contributed by atoms with van der Waals surface area (Å²) in [6.45, 7) is 1.18. The number of halogens is 13. The van der Waals surface area contributed by atoms with Gasteiger partial charge < -0.3 is 0 Å². The molecule has 0 aliphatic heterocycles. The van der Waals surface area contributed by atoms with Crippen LogP contribution in [0.2, 0.25) is 0 Å². The Morgan fingerprint density at radius 2 is 1.11 bits per heavy atom. The summed E-state index contributed by atoms with van der Waals surface area (Å²) in [5.41, 5.74) is 0. The third kappa shape index (κ3) is 3.63. The molecule has 28 heavy (non-hydrogen) atoms. The molecule has 0 radical (unpaired) electrons. The van der Waals surface area contributed by atoms with Gasteiger partial charge >= 0.3 is 45.0 Å². The molecule has 0 saturated heterocycles. The van der Waals surface area contributed by atoms with Gasteiger partial charge in [-0.05, 0) is 6.42 Å². The van der Waals surface area contributed by atoms with E-state index < -0.39 is 64.0 Å². The predicted octanol–water partition coefficient (Wildman–Crippen LogP) is 5.17. The van der Waals surface area contributed by atoms with Gasteiger partial charge in [0.05, 0.1) is 0 Å². The van der Waals surface area contributed by atoms with E-state index in [-0.39, 0.29) is 6.42 Å². The topological polar surface area (TPSA) is 54.4 Å². The molecule has 0 aromatic rings. The normalized spacial score (nSPS) is 17.0. The fourth-order valence-corrected chi connectivity index (χ4v) is 2.16. The maximum absolute atomic E-state index is 13.4. The van der Waals surface area contributed by atoms with Crippen LogP contribution in [-0.4, -0.2) is 54.0 Å². The summed E-state index contributed by atoms with van der Waals surface area (Å²) >= 11 is 0. The molecule has 0 saturated carbocycles. The Labute approximate surface area is 148 Å². The number of rotatable bonds is 10. The Morgan fingerprint density at radius 1 is 0.750 bits per heavy atom. The first kappa shape index (κ1) is 27.0. The van der Waals surface area contributed by atoms with Crippen LogP contribution in [0.15, 0.2) is 0 Å². The van der Waals surface area contributed by atoms with Crippen LogP contribution in [0.3, 0.4) is 0 Å². The van der Waals surface area contributed by atoms with Gasteiger partial charge in [0, 0.05) is 0 Å². The minimum Gasteiger partial charge on any atom is -0.281 e. The van der Waals surface area contributed by atoms with E-state index in [1.807, 2.05) is 0 Å². The zero-order valence-electron chi connectivity index (χ0n) is 13.3. The highest BCUT2D eigenvalue weighted by Gasteiger charge is 2.92. The number of alkyl halides is 13. The van der Waals surface area contributed by atoms with Crippen molar-refractivity contribution in [1.29, 1.82) is 0 Å². The quantitative estimate of drug-likeness (QED) is 0.354. The highest BCUT2D eigenvalue weighted by molar-refractivity contribution is 7.87. The molecule has 0 heterocycles. The first-order valence-corrected chi connectivity index (χ1v) is 8.30. The van der Waals surface area contributed by atoms with E-state index in [0.29, 0.717) is 0 Å². The van der Waals surface area contributed by atoms with Crippen molar-refractivity contribution in [1.82, 2.24) is 0 Å². The summed E-state index contributed by atoms with van der Waals surface area (Å²) in [6.07, 6.45) is -6.72. The summed E-state index contributed by atoms with van der Waals surface area (Å²) in [7, 11) is -7.62. The fourth-order valence-electron chi connectivity index (χ4n) is 1.71. The first-order chi connectivity index (χ1) is 12.0. The largest absolute Gasteiger partial charge is 0.438 e. The van der Waals surface area contributed by atoms with Crippen LogP contribution < -0.4 is 0 Å².